The summed E-state index contributed by atoms with van der Waals surface area (Å²) in [4.78, 5) is 1.19. The average molecular weight is 388 g/mol. The predicted molar refractivity (Wildman–Crippen MR) is 89.8 cm³/mol. The standard InChI is InChI=1S/C13H14BrN3S3/c1-18-12-16-17-13(20-12)19-10-5-2-8(11(14)6-10)7-15-9-3-4-9/h2,5-6,9,15H,3-4,7H2,1H3. The summed E-state index contributed by atoms with van der Waals surface area (Å²) < 4.78 is 3.16. The minimum Gasteiger partial charge on any atom is -0.310 e. The van der Waals surface area contributed by atoms with Gasteiger partial charge in [-0.05, 0) is 36.8 Å². The van der Waals surface area contributed by atoms with Crippen molar-refractivity contribution in [2.24, 2.45) is 0 Å². The van der Waals surface area contributed by atoms with E-state index in [2.05, 4.69) is 49.6 Å². The molecule has 1 fully saturated rings. The Morgan fingerprint density at radius 2 is 2.15 bits per heavy atom. The Labute approximate surface area is 139 Å². The van der Waals surface area contributed by atoms with Crippen LogP contribution in [0.1, 0.15) is 18.4 Å². The van der Waals surface area contributed by atoms with E-state index < -0.39 is 0 Å². The van der Waals surface area contributed by atoms with Gasteiger partial charge in [0, 0.05) is 22.0 Å². The summed E-state index contributed by atoms with van der Waals surface area (Å²) in [5.74, 6) is 0. The summed E-state index contributed by atoms with van der Waals surface area (Å²) in [5.41, 5.74) is 1.31. The molecule has 0 aliphatic heterocycles. The van der Waals surface area contributed by atoms with Gasteiger partial charge in [-0.2, -0.15) is 0 Å². The molecule has 20 heavy (non-hydrogen) atoms. The number of benzene rings is 1. The van der Waals surface area contributed by atoms with Crippen LogP contribution >= 0.6 is 50.8 Å². The minimum absolute atomic E-state index is 0.738. The fourth-order valence-electron chi connectivity index (χ4n) is 1.70. The van der Waals surface area contributed by atoms with Crippen molar-refractivity contribution in [1.29, 1.82) is 0 Å². The van der Waals surface area contributed by atoms with Gasteiger partial charge in [-0.3, -0.25) is 0 Å². The molecule has 0 saturated heterocycles. The molecular weight excluding hydrogens is 374 g/mol. The van der Waals surface area contributed by atoms with Gasteiger partial charge in [0.15, 0.2) is 8.68 Å². The van der Waals surface area contributed by atoms with Crippen LogP contribution in [0.5, 0.6) is 0 Å². The molecule has 1 aromatic carbocycles. The van der Waals surface area contributed by atoms with Crippen LogP contribution < -0.4 is 5.32 Å². The first-order valence-corrected chi connectivity index (χ1v) is 9.97. The SMILES string of the molecule is CSc1nnc(Sc2ccc(CNC3CC3)c(Br)c2)s1. The minimum atomic E-state index is 0.738. The normalized spacial score (nSPS) is 14.7. The molecule has 1 saturated carbocycles. The van der Waals surface area contributed by atoms with E-state index in [1.165, 1.54) is 23.3 Å². The second kappa shape index (κ2) is 6.79. The highest BCUT2D eigenvalue weighted by Crippen LogP contribution is 2.34. The zero-order valence-corrected chi connectivity index (χ0v) is 15.0. The second-order valence-electron chi connectivity index (χ2n) is 4.55. The van der Waals surface area contributed by atoms with Crippen LogP contribution in [-0.4, -0.2) is 22.5 Å². The zero-order chi connectivity index (χ0) is 13.9. The van der Waals surface area contributed by atoms with Crippen LogP contribution in [0.2, 0.25) is 0 Å². The topological polar surface area (TPSA) is 37.8 Å². The Hall–Kier alpha value is -0.0800. The first-order valence-electron chi connectivity index (χ1n) is 6.32. The first kappa shape index (κ1) is 14.8. The molecule has 3 nitrogen and oxygen atoms in total. The fraction of sp³-hybridized carbons (Fsp3) is 0.385. The highest BCUT2D eigenvalue weighted by atomic mass is 79.9. The monoisotopic (exact) mass is 387 g/mol. The Bertz CT molecular complexity index is 598. The van der Waals surface area contributed by atoms with E-state index in [-0.39, 0.29) is 0 Å². The van der Waals surface area contributed by atoms with Crippen molar-refractivity contribution in [3.8, 4) is 0 Å². The van der Waals surface area contributed by atoms with E-state index in [4.69, 9.17) is 0 Å². The Kier molecular flexibility index (Phi) is 5.04. The lowest BCUT2D eigenvalue weighted by atomic mass is 10.2. The van der Waals surface area contributed by atoms with Gasteiger partial charge in [-0.25, -0.2) is 0 Å². The summed E-state index contributed by atoms with van der Waals surface area (Å²) in [7, 11) is 0. The van der Waals surface area contributed by atoms with Crippen molar-refractivity contribution in [1.82, 2.24) is 15.5 Å². The summed E-state index contributed by atoms with van der Waals surface area (Å²) in [6.45, 7) is 0.936. The van der Waals surface area contributed by atoms with Crippen LogP contribution in [-0.2, 0) is 6.54 Å². The van der Waals surface area contributed by atoms with Gasteiger partial charge in [0.05, 0.1) is 0 Å². The highest BCUT2D eigenvalue weighted by Gasteiger charge is 2.20. The average Bonchev–Trinajstić information content (AvgIpc) is 3.16. The van der Waals surface area contributed by atoms with Crippen molar-refractivity contribution in [2.45, 2.75) is 39.0 Å². The van der Waals surface area contributed by atoms with Crippen LogP contribution in [0.4, 0.5) is 0 Å². The van der Waals surface area contributed by atoms with Gasteiger partial charge in [-0.1, -0.05) is 56.9 Å². The lowest BCUT2D eigenvalue weighted by molar-refractivity contribution is 0.685. The molecule has 1 aromatic heterocycles. The maximum Gasteiger partial charge on any atom is 0.179 e. The van der Waals surface area contributed by atoms with Crippen LogP contribution in [0.15, 0.2) is 36.2 Å². The number of thioether (sulfide) groups is 1. The number of hydrogen-bond donors (Lipinski definition) is 1. The molecule has 1 N–H and O–H groups in total. The van der Waals surface area contributed by atoms with Crippen molar-refractivity contribution >= 4 is 50.8 Å². The van der Waals surface area contributed by atoms with Crippen molar-refractivity contribution < 1.29 is 0 Å². The Morgan fingerprint density at radius 3 is 2.80 bits per heavy atom. The summed E-state index contributed by atoms with van der Waals surface area (Å²) in [6, 6.07) is 7.23. The largest absolute Gasteiger partial charge is 0.310 e. The smallest absolute Gasteiger partial charge is 0.179 e. The van der Waals surface area contributed by atoms with Crippen molar-refractivity contribution in [3.05, 3.63) is 28.2 Å². The molecule has 0 radical (unpaired) electrons. The van der Waals surface area contributed by atoms with Crippen LogP contribution in [0.25, 0.3) is 0 Å². The molecule has 0 bridgehead atoms. The van der Waals surface area contributed by atoms with Crippen LogP contribution in [0.3, 0.4) is 0 Å². The van der Waals surface area contributed by atoms with E-state index in [0.29, 0.717) is 0 Å². The van der Waals surface area contributed by atoms with E-state index in [1.54, 1.807) is 34.9 Å². The van der Waals surface area contributed by atoms with Gasteiger partial charge >= 0.3 is 0 Å². The Balaban J connectivity index is 1.65. The molecule has 0 spiro atoms. The third-order valence-electron chi connectivity index (χ3n) is 2.95. The molecule has 7 heteroatoms. The zero-order valence-electron chi connectivity index (χ0n) is 10.9. The van der Waals surface area contributed by atoms with Gasteiger partial charge in [0.1, 0.15) is 0 Å². The number of nitrogens with one attached hydrogen (secondary N) is 1. The number of aromatic nitrogens is 2. The molecule has 0 amide bonds. The van der Waals surface area contributed by atoms with Gasteiger partial charge < -0.3 is 5.32 Å². The molecule has 1 heterocycles. The number of nitrogens with zero attached hydrogens (tertiary/aromatic N) is 2. The molecular formula is C13H14BrN3S3. The lowest BCUT2D eigenvalue weighted by Crippen LogP contribution is -2.15. The molecule has 1 aliphatic carbocycles. The Morgan fingerprint density at radius 1 is 1.35 bits per heavy atom. The van der Waals surface area contributed by atoms with Gasteiger partial charge in [0.2, 0.25) is 0 Å². The molecule has 1 aliphatic rings. The summed E-state index contributed by atoms with van der Waals surface area (Å²) in [5, 5.41) is 11.8. The predicted octanol–water partition coefficient (Wildman–Crippen LogP) is 4.43. The van der Waals surface area contributed by atoms with E-state index in [0.717, 1.165) is 25.7 Å². The number of hydrogen-bond acceptors (Lipinski definition) is 6. The first-order chi connectivity index (χ1) is 9.74. The number of halogens is 1. The second-order valence-corrected chi connectivity index (χ2v) is 8.75. The molecule has 3 rings (SSSR count). The van der Waals surface area contributed by atoms with E-state index in [9.17, 15) is 0 Å². The summed E-state index contributed by atoms with van der Waals surface area (Å²) >= 11 is 8.60. The molecule has 106 valence electrons. The van der Waals surface area contributed by atoms with E-state index >= 15 is 0 Å². The maximum absolute atomic E-state index is 4.19. The fourth-order valence-corrected chi connectivity index (χ4v) is 4.82. The van der Waals surface area contributed by atoms with Gasteiger partial charge in [-0.15, -0.1) is 10.2 Å². The molecule has 2 aromatic rings. The molecule has 0 unspecified atom stereocenters. The third kappa shape index (κ3) is 3.98. The van der Waals surface area contributed by atoms with Crippen molar-refractivity contribution in [3.63, 3.8) is 0 Å². The van der Waals surface area contributed by atoms with Crippen molar-refractivity contribution in [2.75, 3.05) is 6.26 Å². The molecule has 0 atom stereocenters. The quantitative estimate of drug-likeness (QED) is 0.742. The third-order valence-corrected chi connectivity index (χ3v) is 6.63. The lowest BCUT2D eigenvalue weighted by Gasteiger charge is -2.07. The van der Waals surface area contributed by atoms with Crippen LogP contribution in [0, 0.1) is 0 Å². The summed E-state index contributed by atoms with van der Waals surface area (Å²) in [6.07, 6.45) is 4.66. The highest BCUT2D eigenvalue weighted by molar-refractivity contribution is 9.10. The number of rotatable bonds is 6. The van der Waals surface area contributed by atoms with E-state index in [1.807, 2.05) is 6.26 Å². The van der Waals surface area contributed by atoms with Gasteiger partial charge in [0.25, 0.3) is 0 Å². The maximum atomic E-state index is 4.19.